The van der Waals surface area contributed by atoms with Crippen molar-refractivity contribution < 1.29 is 4.79 Å². The molecule has 1 fully saturated rings. The molecule has 3 heteroatoms. The van der Waals surface area contributed by atoms with Gasteiger partial charge >= 0.3 is 0 Å². The number of nitrogens with zero attached hydrogens (tertiary/aromatic N) is 1. The molecule has 1 rings (SSSR count). The summed E-state index contributed by atoms with van der Waals surface area (Å²) in [6, 6.07) is 1.77. The van der Waals surface area contributed by atoms with E-state index in [9.17, 15) is 4.79 Å². The molecule has 1 N–H and O–H groups in total. The third kappa shape index (κ3) is 1.43. The van der Waals surface area contributed by atoms with Gasteiger partial charge in [0.1, 0.15) is 6.04 Å². The van der Waals surface area contributed by atoms with Gasteiger partial charge in [0, 0.05) is 6.42 Å². The molecule has 1 aliphatic heterocycles. The molecule has 1 saturated heterocycles. The molecule has 9 heavy (non-hydrogen) atoms. The summed E-state index contributed by atoms with van der Waals surface area (Å²) >= 11 is 0. The summed E-state index contributed by atoms with van der Waals surface area (Å²) in [5.41, 5.74) is 0. The lowest BCUT2D eigenvalue weighted by molar-refractivity contribution is -0.122. The van der Waals surface area contributed by atoms with E-state index in [4.69, 9.17) is 5.26 Å². The third-order valence-corrected chi connectivity index (χ3v) is 1.39. The highest BCUT2D eigenvalue weighted by atomic mass is 16.1. The number of hydrogen-bond acceptors (Lipinski definition) is 2. The summed E-state index contributed by atoms with van der Waals surface area (Å²) in [5, 5.41) is 10.9. The molecule has 1 unspecified atom stereocenters. The van der Waals surface area contributed by atoms with E-state index in [2.05, 4.69) is 5.32 Å². The first-order valence-corrected chi connectivity index (χ1v) is 3.02. The predicted octanol–water partition coefficient (Wildman–Crippen LogP) is 0.179. The lowest BCUT2D eigenvalue weighted by Crippen LogP contribution is -2.37. The van der Waals surface area contributed by atoms with E-state index in [1.807, 2.05) is 6.07 Å². The molecule has 1 amide bonds. The molecule has 0 aromatic carbocycles. The van der Waals surface area contributed by atoms with Gasteiger partial charge in [0.05, 0.1) is 6.07 Å². The van der Waals surface area contributed by atoms with Crippen LogP contribution >= 0.6 is 0 Å². The van der Waals surface area contributed by atoms with Crippen LogP contribution in [-0.2, 0) is 4.79 Å². The number of nitriles is 1. The SMILES string of the molecule is N#CC1CCCC(=O)N1. The van der Waals surface area contributed by atoms with E-state index in [1.54, 1.807) is 0 Å². The molecule has 0 aromatic heterocycles. The van der Waals surface area contributed by atoms with Crippen molar-refractivity contribution in [3.05, 3.63) is 0 Å². The molecule has 0 radical (unpaired) electrons. The van der Waals surface area contributed by atoms with E-state index in [0.29, 0.717) is 6.42 Å². The lowest BCUT2D eigenvalue weighted by atomic mass is 10.1. The second-order valence-electron chi connectivity index (χ2n) is 2.14. The minimum absolute atomic E-state index is 0.00722. The molecule has 0 aliphatic carbocycles. The molecule has 0 aromatic rings. The first-order chi connectivity index (χ1) is 4.33. The normalized spacial score (nSPS) is 26.6. The van der Waals surface area contributed by atoms with Crippen molar-refractivity contribution in [1.29, 1.82) is 5.26 Å². The number of nitrogens with one attached hydrogen (secondary N) is 1. The Balaban J connectivity index is 2.43. The van der Waals surface area contributed by atoms with E-state index < -0.39 is 0 Å². The zero-order chi connectivity index (χ0) is 6.69. The summed E-state index contributed by atoms with van der Waals surface area (Å²) < 4.78 is 0. The van der Waals surface area contributed by atoms with Crippen LogP contribution in [0.1, 0.15) is 19.3 Å². The van der Waals surface area contributed by atoms with Gasteiger partial charge < -0.3 is 5.32 Å². The largest absolute Gasteiger partial charge is 0.340 e. The minimum Gasteiger partial charge on any atom is -0.340 e. The van der Waals surface area contributed by atoms with E-state index in [-0.39, 0.29) is 11.9 Å². The van der Waals surface area contributed by atoms with Crippen LogP contribution in [0.4, 0.5) is 0 Å². The van der Waals surface area contributed by atoms with Gasteiger partial charge in [0.2, 0.25) is 5.91 Å². The van der Waals surface area contributed by atoms with Crippen LogP contribution in [0, 0.1) is 11.3 Å². The quantitative estimate of drug-likeness (QED) is 0.500. The van der Waals surface area contributed by atoms with Gasteiger partial charge in [-0.2, -0.15) is 5.26 Å². The Hall–Kier alpha value is -1.04. The first-order valence-electron chi connectivity index (χ1n) is 3.02. The monoisotopic (exact) mass is 124 g/mol. The van der Waals surface area contributed by atoms with Gasteiger partial charge in [-0.1, -0.05) is 0 Å². The highest BCUT2D eigenvalue weighted by Crippen LogP contribution is 2.06. The van der Waals surface area contributed by atoms with Gasteiger partial charge in [0.25, 0.3) is 0 Å². The van der Waals surface area contributed by atoms with Crippen LogP contribution < -0.4 is 5.32 Å². The standard InChI is InChI=1S/C6H8N2O/c7-4-5-2-1-3-6(9)8-5/h5H,1-3H2,(H,8,9). The molecule has 0 bridgehead atoms. The molecule has 1 aliphatic rings. The summed E-state index contributed by atoms with van der Waals surface area (Å²) in [4.78, 5) is 10.6. The maximum absolute atomic E-state index is 10.6. The van der Waals surface area contributed by atoms with Gasteiger partial charge in [0.15, 0.2) is 0 Å². The van der Waals surface area contributed by atoms with E-state index >= 15 is 0 Å². The fourth-order valence-corrected chi connectivity index (χ4v) is 0.902. The van der Waals surface area contributed by atoms with Crippen molar-refractivity contribution in [3.63, 3.8) is 0 Å². The summed E-state index contributed by atoms with van der Waals surface area (Å²) in [6.07, 6.45) is 2.24. The molecule has 3 nitrogen and oxygen atoms in total. The molecule has 1 heterocycles. The van der Waals surface area contributed by atoms with Crippen LogP contribution in [-0.4, -0.2) is 11.9 Å². The number of amides is 1. The molecule has 1 atom stereocenters. The average molecular weight is 124 g/mol. The zero-order valence-corrected chi connectivity index (χ0v) is 5.05. The third-order valence-electron chi connectivity index (χ3n) is 1.39. The Labute approximate surface area is 53.7 Å². The molecular formula is C6H8N2O. The fourth-order valence-electron chi connectivity index (χ4n) is 0.902. The predicted molar refractivity (Wildman–Crippen MR) is 31.4 cm³/mol. The number of hydrogen-bond donors (Lipinski definition) is 1. The maximum atomic E-state index is 10.6. The summed E-state index contributed by atoms with van der Waals surface area (Å²) in [7, 11) is 0. The number of rotatable bonds is 0. The molecule has 0 spiro atoms. The van der Waals surface area contributed by atoms with Crippen molar-refractivity contribution in [3.8, 4) is 6.07 Å². The topological polar surface area (TPSA) is 52.9 Å². The Bertz CT molecular complexity index is 159. The van der Waals surface area contributed by atoms with Crippen LogP contribution in [0.15, 0.2) is 0 Å². The highest BCUT2D eigenvalue weighted by Gasteiger charge is 2.16. The van der Waals surface area contributed by atoms with Crippen LogP contribution in [0.2, 0.25) is 0 Å². The van der Waals surface area contributed by atoms with Gasteiger partial charge in [-0.05, 0) is 12.8 Å². The Morgan fingerprint density at radius 2 is 2.56 bits per heavy atom. The van der Waals surface area contributed by atoms with Crippen LogP contribution in [0.5, 0.6) is 0 Å². The Kier molecular flexibility index (Phi) is 1.69. The van der Waals surface area contributed by atoms with Gasteiger partial charge in [-0.25, -0.2) is 0 Å². The average Bonchev–Trinajstić information content (AvgIpc) is 1.88. The summed E-state index contributed by atoms with van der Waals surface area (Å²) in [6.45, 7) is 0. The number of carbonyl (C=O) groups excluding carboxylic acids is 1. The Morgan fingerprint density at radius 1 is 1.78 bits per heavy atom. The van der Waals surface area contributed by atoms with Crippen molar-refractivity contribution >= 4 is 5.91 Å². The van der Waals surface area contributed by atoms with E-state index in [1.165, 1.54) is 0 Å². The lowest BCUT2D eigenvalue weighted by Gasteiger charge is -2.15. The number of piperidine rings is 1. The minimum atomic E-state index is -0.230. The second-order valence-corrected chi connectivity index (χ2v) is 2.14. The zero-order valence-electron chi connectivity index (χ0n) is 5.05. The molecule has 0 saturated carbocycles. The van der Waals surface area contributed by atoms with Crippen molar-refractivity contribution in [2.75, 3.05) is 0 Å². The van der Waals surface area contributed by atoms with Crippen LogP contribution in [0.25, 0.3) is 0 Å². The highest BCUT2D eigenvalue weighted by molar-refractivity contribution is 5.77. The number of carbonyl (C=O) groups is 1. The van der Waals surface area contributed by atoms with Crippen molar-refractivity contribution in [2.24, 2.45) is 0 Å². The van der Waals surface area contributed by atoms with Crippen molar-refractivity contribution in [2.45, 2.75) is 25.3 Å². The second kappa shape index (κ2) is 2.49. The smallest absolute Gasteiger partial charge is 0.221 e. The van der Waals surface area contributed by atoms with Gasteiger partial charge in [-0.15, -0.1) is 0 Å². The van der Waals surface area contributed by atoms with Crippen LogP contribution in [0.3, 0.4) is 0 Å². The van der Waals surface area contributed by atoms with Gasteiger partial charge in [-0.3, -0.25) is 4.79 Å². The Morgan fingerprint density at radius 3 is 3.00 bits per heavy atom. The van der Waals surface area contributed by atoms with Crippen molar-refractivity contribution in [1.82, 2.24) is 5.32 Å². The molecular weight excluding hydrogens is 116 g/mol. The summed E-state index contributed by atoms with van der Waals surface area (Å²) in [5.74, 6) is 0.00722. The van der Waals surface area contributed by atoms with E-state index in [0.717, 1.165) is 12.8 Å². The first kappa shape index (κ1) is 6.09. The molecule has 48 valence electrons. The maximum Gasteiger partial charge on any atom is 0.221 e. The fraction of sp³-hybridized carbons (Fsp3) is 0.667.